The van der Waals surface area contributed by atoms with Crippen LogP contribution in [0.2, 0.25) is 0 Å². The number of benzene rings is 2. The molecule has 0 saturated carbocycles. The second-order valence-electron chi connectivity index (χ2n) is 6.70. The molecule has 2 aromatic carbocycles. The van der Waals surface area contributed by atoms with Gasteiger partial charge in [-0.05, 0) is 61.3 Å². The van der Waals surface area contributed by atoms with E-state index in [2.05, 4.69) is 10.00 Å². The van der Waals surface area contributed by atoms with Crippen molar-refractivity contribution in [2.45, 2.75) is 32.0 Å². The Morgan fingerprint density at radius 1 is 1.12 bits per heavy atom. The first kappa shape index (κ1) is 17.1. The second-order valence-corrected chi connectivity index (χ2v) is 7.07. The molecule has 1 unspecified atom stereocenters. The highest BCUT2D eigenvalue weighted by molar-refractivity contribution is 7.71. The van der Waals surface area contributed by atoms with Gasteiger partial charge in [-0.25, -0.2) is 9.07 Å². The average molecular weight is 368 g/mol. The summed E-state index contributed by atoms with van der Waals surface area (Å²) in [6, 6.07) is 17.3. The Morgan fingerprint density at radius 2 is 1.96 bits per heavy atom. The van der Waals surface area contributed by atoms with Crippen LogP contribution in [0.5, 0.6) is 0 Å². The standard InChI is InChI=1S/C20H21FN4S/c21-17-7-4-6-16(12-17)13-19-10-5-11-23(19)15-25-20(26)24(14-22-25)18-8-2-1-3-9-18/h1-4,6-9,12,14,19H,5,10-11,13,15H2. The van der Waals surface area contributed by atoms with Crippen molar-refractivity contribution < 1.29 is 4.39 Å². The Balaban J connectivity index is 1.50. The summed E-state index contributed by atoms with van der Waals surface area (Å²) in [5.74, 6) is -0.170. The lowest BCUT2D eigenvalue weighted by molar-refractivity contribution is 0.187. The molecule has 26 heavy (non-hydrogen) atoms. The van der Waals surface area contributed by atoms with Crippen LogP contribution < -0.4 is 0 Å². The quantitative estimate of drug-likeness (QED) is 0.631. The number of likely N-dealkylation sites (tertiary alicyclic amines) is 1. The van der Waals surface area contributed by atoms with Crippen molar-refractivity contribution in [2.24, 2.45) is 0 Å². The molecule has 1 atom stereocenters. The summed E-state index contributed by atoms with van der Waals surface area (Å²) in [7, 11) is 0. The molecule has 4 rings (SSSR count). The third-order valence-corrected chi connectivity index (χ3v) is 5.35. The Morgan fingerprint density at radius 3 is 2.77 bits per heavy atom. The number of aromatic nitrogens is 3. The zero-order valence-corrected chi connectivity index (χ0v) is 15.3. The van der Waals surface area contributed by atoms with Gasteiger partial charge < -0.3 is 0 Å². The van der Waals surface area contributed by atoms with Crippen LogP contribution in [0.25, 0.3) is 5.69 Å². The van der Waals surface area contributed by atoms with Gasteiger partial charge in [0.1, 0.15) is 12.1 Å². The van der Waals surface area contributed by atoms with Crippen molar-refractivity contribution in [1.29, 1.82) is 0 Å². The molecule has 6 heteroatoms. The molecule has 1 aromatic heterocycles. The summed E-state index contributed by atoms with van der Waals surface area (Å²) in [5.41, 5.74) is 2.06. The van der Waals surface area contributed by atoms with Crippen molar-refractivity contribution in [1.82, 2.24) is 19.2 Å². The van der Waals surface area contributed by atoms with Crippen molar-refractivity contribution >= 4 is 12.2 Å². The number of rotatable bonds is 5. The number of hydrogen-bond acceptors (Lipinski definition) is 3. The van der Waals surface area contributed by atoms with Gasteiger partial charge in [-0.15, -0.1) is 0 Å². The Bertz CT molecular complexity index is 934. The number of nitrogens with zero attached hydrogens (tertiary/aromatic N) is 4. The van der Waals surface area contributed by atoms with E-state index >= 15 is 0 Å². The van der Waals surface area contributed by atoms with Crippen LogP contribution in [0.3, 0.4) is 0 Å². The molecule has 0 spiro atoms. The molecular weight excluding hydrogens is 347 g/mol. The van der Waals surface area contributed by atoms with Gasteiger partial charge in [0, 0.05) is 18.3 Å². The maximum absolute atomic E-state index is 13.5. The first-order valence-electron chi connectivity index (χ1n) is 8.89. The van der Waals surface area contributed by atoms with Crippen LogP contribution in [0.15, 0.2) is 60.9 Å². The van der Waals surface area contributed by atoms with Crippen LogP contribution in [-0.2, 0) is 13.1 Å². The van der Waals surface area contributed by atoms with Gasteiger partial charge >= 0.3 is 0 Å². The smallest absolute Gasteiger partial charge is 0.203 e. The maximum Gasteiger partial charge on any atom is 0.203 e. The molecule has 0 radical (unpaired) electrons. The third kappa shape index (κ3) is 3.61. The molecule has 0 N–H and O–H groups in total. The lowest BCUT2D eigenvalue weighted by Gasteiger charge is -2.24. The Hall–Kier alpha value is -2.31. The lowest BCUT2D eigenvalue weighted by Crippen LogP contribution is -2.33. The van der Waals surface area contributed by atoms with E-state index in [0.717, 1.165) is 37.1 Å². The fourth-order valence-corrected chi connectivity index (χ4v) is 3.88. The second kappa shape index (κ2) is 7.51. The van der Waals surface area contributed by atoms with Gasteiger partial charge in [0.25, 0.3) is 0 Å². The zero-order chi connectivity index (χ0) is 17.9. The van der Waals surface area contributed by atoms with Gasteiger partial charge in [0.15, 0.2) is 0 Å². The van der Waals surface area contributed by atoms with Crippen molar-refractivity contribution in [3.8, 4) is 5.69 Å². The fourth-order valence-electron chi connectivity index (χ4n) is 3.62. The summed E-state index contributed by atoms with van der Waals surface area (Å²) in [4.78, 5) is 2.39. The highest BCUT2D eigenvalue weighted by Crippen LogP contribution is 2.22. The number of hydrogen-bond donors (Lipinski definition) is 0. The SMILES string of the molecule is Fc1cccc(CC2CCCN2Cn2ncn(-c3ccccc3)c2=S)c1. The molecule has 2 heterocycles. The van der Waals surface area contributed by atoms with E-state index in [1.165, 1.54) is 6.07 Å². The van der Waals surface area contributed by atoms with E-state index in [0.29, 0.717) is 17.5 Å². The largest absolute Gasteiger partial charge is 0.281 e. The highest BCUT2D eigenvalue weighted by Gasteiger charge is 2.25. The van der Waals surface area contributed by atoms with Crippen LogP contribution in [0, 0.1) is 10.6 Å². The van der Waals surface area contributed by atoms with Crippen molar-refractivity contribution in [3.05, 3.63) is 77.1 Å². The van der Waals surface area contributed by atoms with E-state index in [9.17, 15) is 4.39 Å². The molecule has 3 aromatic rings. The summed E-state index contributed by atoms with van der Waals surface area (Å²) < 4.78 is 17.9. The Labute approximate surface area is 157 Å². The van der Waals surface area contributed by atoms with E-state index in [1.807, 2.05) is 45.6 Å². The normalized spacial score (nSPS) is 17.7. The molecule has 1 fully saturated rings. The summed E-state index contributed by atoms with van der Waals surface area (Å²) >= 11 is 5.61. The first-order valence-corrected chi connectivity index (χ1v) is 9.30. The Kier molecular flexibility index (Phi) is 4.95. The summed E-state index contributed by atoms with van der Waals surface area (Å²) in [6.45, 7) is 1.68. The minimum absolute atomic E-state index is 0.170. The predicted molar refractivity (Wildman–Crippen MR) is 102 cm³/mol. The van der Waals surface area contributed by atoms with Gasteiger partial charge in [0.2, 0.25) is 4.77 Å². The molecule has 134 valence electrons. The molecule has 4 nitrogen and oxygen atoms in total. The maximum atomic E-state index is 13.5. The molecule has 1 saturated heterocycles. The fraction of sp³-hybridized carbons (Fsp3) is 0.300. The number of para-hydroxylation sites is 1. The summed E-state index contributed by atoms with van der Waals surface area (Å²) in [5, 5.41) is 4.48. The van der Waals surface area contributed by atoms with Gasteiger partial charge in [0.05, 0.1) is 6.67 Å². The van der Waals surface area contributed by atoms with Gasteiger partial charge in [-0.3, -0.25) is 9.47 Å². The van der Waals surface area contributed by atoms with Crippen LogP contribution in [0.1, 0.15) is 18.4 Å². The minimum atomic E-state index is -0.170. The predicted octanol–water partition coefficient (Wildman–Crippen LogP) is 4.21. The number of halogens is 1. The molecule has 0 amide bonds. The van der Waals surface area contributed by atoms with E-state index in [1.54, 1.807) is 18.5 Å². The van der Waals surface area contributed by atoms with E-state index in [4.69, 9.17) is 12.2 Å². The van der Waals surface area contributed by atoms with Crippen LogP contribution in [-0.4, -0.2) is 31.8 Å². The molecule has 1 aliphatic heterocycles. The van der Waals surface area contributed by atoms with E-state index < -0.39 is 0 Å². The monoisotopic (exact) mass is 368 g/mol. The summed E-state index contributed by atoms with van der Waals surface area (Å²) in [6.07, 6.45) is 4.88. The third-order valence-electron chi connectivity index (χ3n) is 4.94. The van der Waals surface area contributed by atoms with Crippen molar-refractivity contribution in [2.75, 3.05) is 6.54 Å². The molecule has 0 bridgehead atoms. The average Bonchev–Trinajstić information content (AvgIpc) is 3.23. The van der Waals surface area contributed by atoms with Crippen LogP contribution >= 0.6 is 12.2 Å². The zero-order valence-electron chi connectivity index (χ0n) is 14.5. The minimum Gasteiger partial charge on any atom is -0.281 e. The topological polar surface area (TPSA) is 26.0 Å². The van der Waals surface area contributed by atoms with Crippen molar-refractivity contribution in [3.63, 3.8) is 0 Å². The molecule has 1 aliphatic rings. The highest BCUT2D eigenvalue weighted by atomic mass is 32.1. The van der Waals surface area contributed by atoms with E-state index in [-0.39, 0.29) is 5.82 Å². The lowest BCUT2D eigenvalue weighted by atomic mass is 10.0. The first-order chi connectivity index (χ1) is 12.7. The van der Waals surface area contributed by atoms with Gasteiger partial charge in [-0.2, -0.15) is 5.10 Å². The van der Waals surface area contributed by atoms with Crippen LogP contribution in [0.4, 0.5) is 4.39 Å². The molecule has 0 aliphatic carbocycles. The van der Waals surface area contributed by atoms with Gasteiger partial charge in [-0.1, -0.05) is 30.3 Å². The molecular formula is C20H21FN4S.